The Bertz CT molecular complexity index is 642. The predicted molar refractivity (Wildman–Crippen MR) is 87.0 cm³/mol. The van der Waals surface area contributed by atoms with E-state index in [4.69, 9.17) is 0 Å². The summed E-state index contributed by atoms with van der Waals surface area (Å²) in [7, 11) is 0. The van der Waals surface area contributed by atoms with E-state index in [1.165, 1.54) is 4.90 Å². The van der Waals surface area contributed by atoms with Gasteiger partial charge in [-0.25, -0.2) is 4.79 Å². The zero-order valence-corrected chi connectivity index (χ0v) is 14.7. The molecule has 2 aliphatic rings. The van der Waals surface area contributed by atoms with Gasteiger partial charge in [-0.15, -0.1) is 0 Å². The third-order valence-corrected chi connectivity index (χ3v) is 4.75. The Morgan fingerprint density at radius 3 is 2.52 bits per heavy atom. The van der Waals surface area contributed by atoms with Crippen LogP contribution in [-0.4, -0.2) is 44.1 Å². The minimum Gasteiger partial charge on any atom is -0.313 e. The van der Waals surface area contributed by atoms with Gasteiger partial charge in [-0.3, -0.25) is 14.4 Å². The summed E-state index contributed by atoms with van der Waals surface area (Å²) >= 11 is 0. The molecule has 1 aromatic heterocycles. The summed E-state index contributed by atoms with van der Waals surface area (Å²) in [5.74, 6) is -0.0925. The van der Waals surface area contributed by atoms with Crippen LogP contribution >= 0.6 is 0 Å². The van der Waals surface area contributed by atoms with Crippen LogP contribution in [0, 0.1) is 0 Å². The van der Waals surface area contributed by atoms with Gasteiger partial charge in [0.1, 0.15) is 6.54 Å². The number of imide groups is 1. The number of hydrogen-bond acceptors (Lipinski definition) is 3. The fourth-order valence-corrected chi connectivity index (χ4v) is 3.62. The summed E-state index contributed by atoms with van der Waals surface area (Å²) in [6.45, 7) is 10.4. The van der Waals surface area contributed by atoms with Crippen LogP contribution in [0.15, 0.2) is 6.20 Å². The van der Waals surface area contributed by atoms with Crippen molar-refractivity contribution >= 4 is 11.9 Å². The van der Waals surface area contributed by atoms with E-state index in [1.54, 1.807) is 4.90 Å². The van der Waals surface area contributed by atoms with Crippen LogP contribution in [-0.2, 0) is 16.8 Å². The van der Waals surface area contributed by atoms with Crippen LogP contribution in [0.4, 0.5) is 4.79 Å². The van der Waals surface area contributed by atoms with Crippen molar-refractivity contribution in [3.8, 4) is 0 Å². The zero-order valence-electron chi connectivity index (χ0n) is 14.7. The number of rotatable bonds is 2. The summed E-state index contributed by atoms with van der Waals surface area (Å²) in [5, 5.41) is 4.55. The predicted octanol–water partition coefficient (Wildman–Crippen LogP) is 2.69. The molecule has 0 saturated carbocycles. The van der Waals surface area contributed by atoms with E-state index in [1.807, 2.05) is 24.7 Å². The van der Waals surface area contributed by atoms with Crippen molar-refractivity contribution in [2.24, 2.45) is 0 Å². The van der Waals surface area contributed by atoms with Crippen molar-refractivity contribution in [2.45, 2.75) is 71.5 Å². The lowest BCUT2D eigenvalue weighted by Gasteiger charge is -2.32. The van der Waals surface area contributed by atoms with Gasteiger partial charge in [-0.2, -0.15) is 5.10 Å². The number of carbonyl (C=O) groups is 2. The Balaban J connectivity index is 1.97. The van der Waals surface area contributed by atoms with Crippen LogP contribution in [0.2, 0.25) is 0 Å². The van der Waals surface area contributed by atoms with E-state index >= 15 is 0 Å². The molecule has 1 aromatic rings. The van der Waals surface area contributed by atoms with E-state index in [2.05, 4.69) is 25.9 Å². The molecule has 6 heteroatoms. The van der Waals surface area contributed by atoms with Crippen LogP contribution < -0.4 is 0 Å². The molecule has 3 rings (SSSR count). The number of nitrogens with zero attached hydrogens (tertiary/aromatic N) is 4. The average molecular weight is 318 g/mol. The second-order valence-corrected chi connectivity index (χ2v) is 7.81. The van der Waals surface area contributed by atoms with Crippen LogP contribution in [0.3, 0.4) is 0 Å². The zero-order chi connectivity index (χ0) is 16.9. The van der Waals surface area contributed by atoms with Crippen molar-refractivity contribution in [1.82, 2.24) is 19.6 Å². The standard InChI is InChI=1S/C17H26N4O2/c1-11(2)19-10-15(22)20(16(19)23)13-7-6-8-14-12(13)9-18-21(14)17(3,4)5/h9,11,13H,6-8,10H2,1-5H3. The number of hydrogen-bond donors (Lipinski definition) is 0. The van der Waals surface area contributed by atoms with Crippen molar-refractivity contribution in [2.75, 3.05) is 6.54 Å². The third-order valence-electron chi connectivity index (χ3n) is 4.75. The molecule has 1 fully saturated rings. The first kappa shape index (κ1) is 16.0. The van der Waals surface area contributed by atoms with Gasteiger partial charge in [0, 0.05) is 17.3 Å². The summed E-state index contributed by atoms with van der Waals surface area (Å²) in [6, 6.07) is -0.290. The van der Waals surface area contributed by atoms with Gasteiger partial charge in [0.2, 0.25) is 0 Å². The molecule has 1 atom stereocenters. The van der Waals surface area contributed by atoms with Crippen molar-refractivity contribution in [3.63, 3.8) is 0 Å². The van der Waals surface area contributed by atoms with Crippen molar-refractivity contribution < 1.29 is 9.59 Å². The quantitative estimate of drug-likeness (QED) is 0.788. The molecule has 0 aromatic carbocycles. The summed E-state index contributed by atoms with van der Waals surface area (Å²) in [5.41, 5.74) is 2.11. The molecule has 0 spiro atoms. The second-order valence-electron chi connectivity index (χ2n) is 7.81. The molecule has 2 heterocycles. The molecule has 1 aliphatic carbocycles. The Hall–Kier alpha value is -1.85. The number of fused-ring (bicyclic) bond motifs is 1. The van der Waals surface area contributed by atoms with Crippen LogP contribution in [0.1, 0.15) is 64.8 Å². The van der Waals surface area contributed by atoms with Gasteiger partial charge in [0.15, 0.2) is 0 Å². The third kappa shape index (κ3) is 2.54. The highest BCUT2D eigenvalue weighted by atomic mass is 16.2. The lowest BCUT2D eigenvalue weighted by atomic mass is 9.91. The molecule has 1 unspecified atom stereocenters. The molecule has 6 nitrogen and oxygen atoms in total. The van der Waals surface area contributed by atoms with Gasteiger partial charge in [0.05, 0.1) is 17.8 Å². The van der Waals surface area contributed by atoms with E-state index in [9.17, 15) is 9.59 Å². The lowest BCUT2D eigenvalue weighted by molar-refractivity contribution is -0.127. The first-order valence-corrected chi connectivity index (χ1v) is 8.41. The number of carbonyl (C=O) groups excluding carboxylic acids is 2. The monoisotopic (exact) mass is 318 g/mol. The highest BCUT2D eigenvalue weighted by molar-refractivity contribution is 6.02. The summed E-state index contributed by atoms with van der Waals surface area (Å²) in [6.07, 6.45) is 4.60. The van der Waals surface area contributed by atoms with Gasteiger partial charge in [0.25, 0.3) is 5.91 Å². The highest BCUT2D eigenvalue weighted by Gasteiger charge is 2.44. The Morgan fingerprint density at radius 2 is 1.96 bits per heavy atom. The minimum absolute atomic E-state index is 0.0387. The van der Waals surface area contributed by atoms with Crippen LogP contribution in [0.5, 0.6) is 0 Å². The maximum Gasteiger partial charge on any atom is 0.328 e. The molecule has 1 aliphatic heterocycles. The second kappa shape index (κ2) is 5.35. The van der Waals surface area contributed by atoms with E-state index in [-0.39, 0.29) is 36.1 Å². The average Bonchev–Trinajstić information content (AvgIpc) is 3.00. The first-order valence-electron chi connectivity index (χ1n) is 8.41. The maximum atomic E-state index is 12.7. The highest BCUT2D eigenvalue weighted by Crippen LogP contribution is 2.38. The van der Waals surface area contributed by atoms with Gasteiger partial charge < -0.3 is 4.90 Å². The Kier molecular flexibility index (Phi) is 3.73. The maximum absolute atomic E-state index is 12.7. The Morgan fingerprint density at radius 1 is 1.26 bits per heavy atom. The Labute approximate surface area is 137 Å². The molecule has 0 radical (unpaired) electrons. The van der Waals surface area contributed by atoms with E-state index in [0.717, 1.165) is 30.5 Å². The van der Waals surface area contributed by atoms with Gasteiger partial charge >= 0.3 is 6.03 Å². The van der Waals surface area contributed by atoms with Crippen molar-refractivity contribution in [1.29, 1.82) is 0 Å². The molecular formula is C17H26N4O2. The number of amides is 3. The summed E-state index contributed by atoms with van der Waals surface area (Å²) < 4.78 is 2.04. The van der Waals surface area contributed by atoms with E-state index < -0.39 is 0 Å². The first-order chi connectivity index (χ1) is 10.7. The molecular weight excluding hydrogens is 292 g/mol. The molecule has 1 saturated heterocycles. The van der Waals surface area contributed by atoms with Gasteiger partial charge in [-0.05, 0) is 53.9 Å². The van der Waals surface area contributed by atoms with Gasteiger partial charge in [-0.1, -0.05) is 0 Å². The number of aromatic nitrogens is 2. The van der Waals surface area contributed by atoms with Crippen LogP contribution in [0.25, 0.3) is 0 Å². The molecule has 0 N–H and O–H groups in total. The smallest absolute Gasteiger partial charge is 0.313 e. The number of urea groups is 1. The normalized spacial score (nSPS) is 22.3. The molecule has 126 valence electrons. The fraction of sp³-hybridized carbons (Fsp3) is 0.706. The topological polar surface area (TPSA) is 58.4 Å². The van der Waals surface area contributed by atoms with Crippen molar-refractivity contribution in [3.05, 3.63) is 17.5 Å². The molecule has 3 amide bonds. The molecule has 23 heavy (non-hydrogen) atoms. The molecule has 0 bridgehead atoms. The summed E-state index contributed by atoms with van der Waals surface area (Å²) in [4.78, 5) is 28.2. The van der Waals surface area contributed by atoms with E-state index in [0.29, 0.717) is 0 Å². The fourth-order valence-electron chi connectivity index (χ4n) is 3.62. The lowest BCUT2D eigenvalue weighted by Crippen LogP contribution is -2.39. The minimum atomic E-state index is -0.168. The SMILES string of the molecule is CC(C)N1CC(=O)N(C2CCCc3c2cnn3C(C)(C)C)C1=O. The largest absolute Gasteiger partial charge is 0.328 e.